The minimum Gasteiger partial charge on any atom is -0.324 e. The number of halogens is 3. The summed E-state index contributed by atoms with van der Waals surface area (Å²) in [6, 6.07) is 14.3. The summed E-state index contributed by atoms with van der Waals surface area (Å²) in [5.41, 5.74) is 0.290. The van der Waals surface area contributed by atoms with E-state index in [0.29, 0.717) is 11.3 Å². The molecule has 2 amide bonds. The van der Waals surface area contributed by atoms with Crippen molar-refractivity contribution in [3.05, 3.63) is 71.8 Å². The van der Waals surface area contributed by atoms with Crippen molar-refractivity contribution in [1.82, 2.24) is 0 Å². The van der Waals surface area contributed by atoms with Gasteiger partial charge in [0.15, 0.2) is 0 Å². The summed E-state index contributed by atoms with van der Waals surface area (Å²) >= 11 is 0. The molecular weight excluding hydrogens is 369 g/mol. The molecule has 7 heteroatoms. The van der Waals surface area contributed by atoms with Gasteiger partial charge >= 0.3 is 6.18 Å². The molecular formula is C21H15F3N2O2. The van der Waals surface area contributed by atoms with Gasteiger partial charge in [-0.3, -0.25) is 14.5 Å². The molecule has 1 N–H and O–H groups in total. The number of alkyl halides is 3. The Morgan fingerprint density at radius 2 is 1.71 bits per heavy atom. The lowest BCUT2D eigenvalue weighted by Crippen LogP contribution is -2.44. The molecule has 3 aromatic carbocycles. The average Bonchev–Trinajstić information content (AvgIpc) is 2.95. The number of hydrogen-bond acceptors (Lipinski definition) is 2. The molecule has 4 rings (SSSR count). The summed E-state index contributed by atoms with van der Waals surface area (Å²) in [6.45, 7) is 1.55. The summed E-state index contributed by atoms with van der Waals surface area (Å²) in [5, 5.41) is 4.14. The van der Waals surface area contributed by atoms with Crippen LogP contribution in [0.4, 0.5) is 24.5 Å². The Morgan fingerprint density at radius 3 is 2.43 bits per heavy atom. The normalized spacial score (nSPS) is 14.4. The number of carbonyl (C=O) groups is 2. The fraction of sp³-hybridized carbons (Fsp3) is 0.143. The molecule has 0 saturated heterocycles. The lowest BCUT2D eigenvalue weighted by Gasteiger charge is -2.25. The van der Waals surface area contributed by atoms with Crippen LogP contribution in [0.15, 0.2) is 60.7 Å². The molecule has 0 spiro atoms. The lowest BCUT2D eigenvalue weighted by molar-refractivity contribution is -0.137. The molecule has 0 aliphatic carbocycles. The zero-order valence-corrected chi connectivity index (χ0v) is 14.7. The summed E-state index contributed by atoms with van der Waals surface area (Å²) in [5.74, 6) is -0.879. The first-order valence-electron chi connectivity index (χ1n) is 8.61. The molecule has 28 heavy (non-hydrogen) atoms. The Hall–Kier alpha value is -3.35. The van der Waals surface area contributed by atoms with Gasteiger partial charge in [0.25, 0.3) is 5.91 Å². The fourth-order valence-electron chi connectivity index (χ4n) is 3.46. The van der Waals surface area contributed by atoms with Crippen LogP contribution in [0.1, 0.15) is 22.8 Å². The molecule has 3 aromatic rings. The second-order valence-corrected chi connectivity index (χ2v) is 6.60. The molecule has 1 aliphatic heterocycles. The molecule has 0 radical (unpaired) electrons. The number of rotatable bonds is 3. The van der Waals surface area contributed by atoms with E-state index in [2.05, 4.69) is 5.32 Å². The second-order valence-electron chi connectivity index (χ2n) is 6.60. The molecule has 0 aromatic heterocycles. The van der Waals surface area contributed by atoms with Crippen molar-refractivity contribution < 1.29 is 22.8 Å². The van der Waals surface area contributed by atoms with E-state index in [4.69, 9.17) is 0 Å². The molecule has 4 nitrogen and oxygen atoms in total. The van der Waals surface area contributed by atoms with Crippen LogP contribution in [0.5, 0.6) is 0 Å². The van der Waals surface area contributed by atoms with E-state index < -0.39 is 23.7 Å². The predicted molar refractivity (Wildman–Crippen MR) is 100 cm³/mol. The number of anilines is 2. The van der Waals surface area contributed by atoms with Crippen LogP contribution >= 0.6 is 0 Å². The van der Waals surface area contributed by atoms with Crippen molar-refractivity contribution in [1.29, 1.82) is 0 Å². The quantitative estimate of drug-likeness (QED) is 0.702. The maximum atomic E-state index is 12.9. The first-order valence-corrected chi connectivity index (χ1v) is 8.61. The van der Waals surface area contributed by atoms with Gasteiger partial charge in [0, 0.05) is 16.6 Å². The third-order valence-electron chi connectivity index (χ3n) is 4.82. The Labute approximate surface area is 158 Å². The molecule has 0 unspecified atom stereocenters. The highest BCUT2D eigenvalue weighted by molar-refractivity contribution is 6.26. The largest absolute Gasteiger partial charge is 0.416 e. The van der Waals surface area contributed by atoms with Crippen molar-refractivity contribution in [2.24, 2.45) is 0 Å². The van der Waals surface area contributed by atoms with Gasteiger partial charge < -0.3 is 5.32 Å². The minimum absolute atomic E-state index is 0.0223. The maximum absolute atomic E-state index is 12.9. The first kappa shape index (κ1) is 18.0. The van der Waals surface area contributed by atoms with Gasteiger partial charge in [0.1, 0.15) is 6.04 Å². The summed E-state index contributed by atoms with van der Waals surface area (Å²) < 4.78 is 38.6. The summed E-state index contributed by atoms with van der Waals surface area (Å²) in [7, 11) is 0. The predicted octanol–water partition coefficient (Wildman–Crippen LogP) is 4.85. The lowest BCUT2D eigenvalue weighted by atomic mass is 10.1. The SMILES string of the molecule is C[C@@H](C(=O)Nc1cccc(C(F)(F)F)c1)N1C(=O)c2cccc3cccc1c23. The van der Waals surface area contributed by atoms with Crippen molar-refractivity contribution in [3.63, 3.8) is 0 Å². The van der Waals surface area contributed by atoms with Crippen LogP contribution in [0, 0.1) is 0 Å². The van der Waals surface area contributed by atoms with E-state index in [1.807, 2.05) is 12.1 Å². The van der Waals surface area contributed by atoms with E-state index >= 15 is 0 Å². The monoisotopic (exact) mass is 384 g/mol. The topological polar surface area (TPSA) is 49.4 Å². The molecule has 0 fully saturated rings. The maximum Gasteiger partial charge on any atom is 0.416 e. The van der Waals surface area contributed by atoms with Gasteiger partial charge in [-0.15, -0.1) is 0 Å². The van der Waals surface area contributed by atoms with Gasteiger partial charge in [-0.05, 0) is 42.6 Å². The van der Waals surface area contributed by atoms with Crippen molar-refractivity contribution >= 4 is 34.0 Å². The Morgan fingerprint density at radius 1 is 1.04 bits per heavy atom. The Balaban J connectivity index is 1.62. The van der Waals surface area contributed by atoms with Gasteiger partial charge in [-0.2, -0.15) is 13.2 Å². The van der Waals surface area contributed by atoms with Crippen LogP contribution in [0.2, 0.25) is 0 Å². The first-order chi connectivity index (χ1) is 13.3. The summed E-state index contributed by atoms with van der Waals surface area (Å²) in [4.78, 5) is 26.9. The van der Waals surface area contributed by atoms with Crippen molar-refractivity contribution in [2.45, 2.75) is 19.1 Å². The van der Waals surface area contributed by atoms with E-state index in [9.17, 15) is 22.8 Å². The summed E-state index contributed by atoms with van der Waals surface area (Å²) in [6.07, 6.45) is -4.51. The molecule has 142 valence electrons. The molecule has 1 heterocycles. The van der Waals surface area contributed by atoms with E-state index in [0.717, 1.165) is 22.9 Å². The fourth-order valence-corrected chi connectivity index (χ4v) is 3.46. The molecule has 1 atom stereocenters. The van der Waals surface area contributed by atoms with Crippen molar-refractivity contribution in [3.8, 4) is 0 Å². The van der Waals surface area contributed by atoms with Gasteiger partial charge in [0.05, 0.1) is 11.3 Å². The minimum atomic E-state index is -4.51. The van der Waals surface area contributed by atoms with Crippen molar-refractivity contribution in [2.75, 3.05) is 10.2 Å². The highest BCUT2D eigenvalue weighted by Gasteiger charge is 2.36. The second kappa shape index (κ2) is 6.37. The standard InChI is InChI=1S/C21H15F3N2O2/c1-12(19(27)25-15-8-4-7-14(11-15)21(22,23)24)26-17-10-3-6-13-5-2-9-16(18(13)17)20(26)28/h2-12H,1H3,(H,25,27)/t12-/m0/s1. The number of hydrogen-bond donors (Lipinski definition) is 1. The number of carbonyl (C=O) groups excluding carboxylic acids is 2. The Bertz CT molecular complexity index is 1100. The van der Waals surface area contributed by atoms with Gasteiger partial charge in [0.2, 0.25) is 5.91 Å². The molecule has 0 bridgehead atoms. The van der Waals surface area contributed by atoms with Crippen LogP contribution in [0.3, 0.4) is 0 Å². The zero-order chi connectivity index (χ0) is 20.1. The third kappa shape index (κ3) is 2.89. The number of nitrogens with one attached hydrogen (secondary N) is 1. The van der Waals surface area contributed by atoms with Crippen LogP contribution in [-0.2, 0) is 11.0 Å². The Kier molecular flexibility index (Phi) is 4.10. The number of amides is 2. The van der Waals surface area contributed by atoms with Gasteiger partial charge in [-0.25, -0.2) is 0 Å². The number of nitrogens with zero attached hydrogens (tertiary/aromatic N) is 1. The van der Waals surface area contributed by atoms with Crippen LogP contribution in [-0.4, -0.2) is 17.9 Å². The van der Waals surface area contributed by atoms with Crippen LogP contribution in [0.25, 0.3) is 10.8 Å². The van der Waals surface area contributed by atoms with Crippen LogP contribution < -0.4 is 10.2 Å². The highest BCUT2D eigenvalue weighted by Crippen LogP contribution is 2.38. The number of benzene rings is 3. The average molecular weight is 384 g/mol. The smallest absolute Gasteiger partial charge is 0.324 e. The molecule has 1 aliphatic rings. The zero-order valence-electron chi connectivity index (χ0n) is 14.7. The van der Waals surface area contributed by atoms with Gasteiger partial charge in [-0.1, -0.05) is 30.3 Å². The molecule has 0 saturated carbocycles. The van der Waals surface area contributed by atoms with E-state index in [1.54, 1.807) is 31.2 Å². The van der Waals surface area contributed by atoms with E-state index in [-0.39, 0.29) is 11.6 Å². The third-order valence-corrected chi connectivity index (χ3v) is 4.82. The van der Waals surface area contributed by atoms with E-state index in [1.165, 1.54) is 17.0 Å². The highest BCUT2D eigenvalue weighted by atomic mass is 19.4.